The van der Waals surface area contributed by atoms with Crippen LogP contribution in [0.3, 0.4) is 0 Å². The fraction of sp³-hybridized carbons (Fsp3) is 1.00. The first kappa shape index (κ1) is 6.92. The minimum absolute atomic E-state index is 0.588. The van der Waals surface area contributed by atoms with Gasteiger partial charge in [-0.05, 0) is 13.3 Å². The van der Waals surface area contributed by atoms with Gasteiger partial charge in [0.1, 0.15) is 0 Å². The fourth-order valence-corrected chi connectivity index (χ4v) is 0.284. The van der Waals surface area contributed by atoms with E-state index in [4.69, 9.17) is 0 Å². The van der Waals surface area contributed by atoms with Crippen LogP contribution < -0.4 is 0 Å². The van der Waals surface area contributed by atoms with Crippen LogP contribution in [-0.4, -0.2) is 12.9 Å². The molecule has 0 bridgehead atoms. The first-order valence-corrected chi connectivity index (χ1v) is 2.54. The maximum absolute atomic E-state index is 10.1. The molecular weight excluding hydrogens is 92.1 g/mol. The molecule has 0 aliphatic carbocycles. The molecule has 0 fully saturated rings. The third-order valence-corrected chi connectivity index (χ3v) is 0.557. The summed E-state index contributed by atoms with van der Waals surface area (Å²) in [6.07, 6.45) is 0.0759. The van der Waals surface area contributed by atoms with E-state index in [1.807, 2.05) is 6.92 Å². The lowest BCUT2D eigenvalue weighted by molar-refractivity contribution is -0.126. The smallest absolute Gasteiger partial charge is 0.188 e. The first-order chi connectivity index (χ1) is 3.27. The zero-order valence-electron chi connectivity index (χ0n) is 4.81. The van der Waals surface area contributed by atoms with E-state index in [-0.39, 0.29) is 0 Å². The Labute approximate surface area is 44.1 Å². The highest BCUT2D eigenvalue weighted by Crippen LogP contribution is 1.85. The van der Waals surface area contributed by atoms with Gasteiger partial charge in [0.25, 0.3) is 0 Å². The molecule has 0 amide bonds. The van der Waals surface area contributed by atoms with Crippen molar-refractivity contribution < 1.29 is 9.84 Å². The molecule has 1 atom stereocenters. The summed E-state index contributed by atoms with van der Waals surface area (Å²) in [5, 5.41) is 10.1. The third kappa shape index (κ3) is 5.92. The summed E-state index contributed by atoms with van der Waals surface area (Å²) in [6.45, 7) is 4.06. The first-order valence-electron chi connectivity index (χ1n) is 2.54. The maximum Gasteiger partial charge on any atom is 0.188 e. The van der Waals surface area contributed by atoms with E-state index >= 15 is 0 Å². The summed E-state index contributed by atoms with van der Waals surface area (Å²) in [5.74, 6) is 0. The number of hydrogen-bond acceptors (Lipinski definition) is 1. The van der Waals surface area contributed by atoms with Gasteiger partial charge >= 0.3 is 0 Å². The average Bonchev–Trinajstić information content (AvgIpc) is 1.61. The average molecular weight is 103 g/mol. The Bertz CT molecular complexity index is 35.1. The van der Waals surface area contributed by atoms with Crippen molar-refractivity contribution in [3.63, 3.8) is 0 Å². The molecule has 7 heavy (non-hydrogen) atoms. The maximum atomic E-state index is 10.1. The zero-order chi connectivity index (χ0) is 5.70. The van der Waals surface area contributed by atoms with E-state index in [0.717, 1.165) is 6.42 Å². The van der Waals surface area contributed by atoms with E-state index in [2.05, 4.69) is 4.74 Å². The summed E-state index contributed by atoms with van der Waals surface area (Å²) in [4.78, 5) is 0. The molecular formula is C5H11O2. The molecule has 2 nitrogen and oxygen atoms in total. The largest absolute Gasteiger partial charge is 0.350 e. The summed E-state index contributed by atoms with van der Waals surface area (Å²) in [6, 6.07) is 0. The molecule has 0 N–H and O–H groups in total. The molecule has 2 heteroatoms. The zero-order valence-corrected chi connectivity index (χ0v) is 4.81. The van der Waals surface area contributed by atoms with Crippen molar-refractivity contribution >= 4 is 0 Å². The minimum Gasteiger partial charge on any atom is -0.350 e. The highest BCUT2D eigenvalue weighted by Gasteiger charge is 1.91. The molecule has 0 aliphatic heterocycles. The van der Waals surface area contributed by atoms with Gasteiger partial charge < -0.3 is 4.74 Å². The summed E-state index contributed by atoms with van der Waals surface area (Å²) in [5.41, 5.74) is 0. The topological polar surface area (TPSA) is 29.1 Å². The van der Waals surface area contributed by atoms with E-state index in [9.17, 15) is 5.11 Å². The highest BCUT2D eigenvalue weighted by atomic mass is 16.6. The molecule has 0 aromatic carbocycles. The molecule has 0 unspecified atom stereocenters. The van der Waals surface area contributed by atoms with Crippen molar-refractivity contribution in [3.8, 4) is 0 Å². The Balaban J connectivity index is 2.68. The van der Waals surface area contributed by atoms with E-state index in [1.165, 1.54) is 6.92 Å². The van der Waals surface area contributed by atoms with Crippen molar-refractivity contribution in [2.45, 2.75) is 26.6 Å². The monoisotopic (exact) mass is 103 g/mol. The standard InChI is InChI=1S/C5H11O2/c1-3-4-7-5(2)6/h5H,3-4H2,1-2H3/t5-/m0/s1. The van der Waals surface area contributed by atoms with Gasteiger partial charge in [-0.25, -0.2) is 5.11 Å². The van der Waals surface area contributed by atoms with Crippen LogP contribution in [-0.2, 0) is 9.84 Å². The molecule has 0 saturated carbocycles. The second kappa shape index (κ2) is 4.09. The molecule has 1 radical (unpaired) electrons. The van der Waals surface area contributed by atoms with Crippen LogP contribution in [0.2, 0.25) is 0 Å². The van der Waals surface area contributed by atoms with Gasteiger partial charge in [0.2, 0.25) is 0 Å². The Kier molecular flexibility index (Phi) is 4.04. The van der Waals surface area contributed by atoms with Crippen molar-refractivity contribution in [3.05, 3.63) is 0 Å². The van der Waals surface area contributed by atoms with Gasteiger partial charge in [-0.3, -0.25) is 0 Å². The lowest BCUT2D eigenvalue weighted by atomic mass is 10.5. The van der Waals surface area contributed by atoms with Crippen molar-refractivity contribution in [2.75, 3.05) is 6.61 Å². The normalized spacial score (nSPS) is 14.1. The van der Waals surface area contributed by atoms with Crippen LogP contribution in [0.1, 0.15) is 20.3 Å². The Morgan fingerprint density at radius 3 is 2.43 bits per heavy atom. The van der Waals surface area contributed by atoms with Crippen molar-refractivity contribution in [2.24, 2.45) is 0 Å². The molecule has 0 aromatic heterocycles. The quantitative estimate of drug-likeness (QED) is 0.493. The van der Waals surface area contributed by atoms with Crippen LogP contribution in [0.25, 0.3) is 0 Å². The lowest BCUT2D eigenvalue weighted by Gasteiger charge is -1.99. The van der Waals surface area contributed by atoms with Crippen LogP contribution in [0.15, 0.2) is 0 Å². The lowest BCUT2D eigenvalue weighted by Crippen LogP contribution is -2.04. The van der Waals surface area contributed by atoms with E-state index < -0.39 is 6.29 Å². The SMILES string of the molecule is CCCO[C@@H](C)[O]. The van der Waals surface area contributed by atoms with Crippen molar-refractivity contribution in [1.82, 2.24) is 0 Å². The number of ether oxygens (including phenoxy) is 1. The van der Waals surface area contributed by atoms with Gasteiger partial charge in [-0.15, -0.1) is 0 Å². The number of rotatable bonds is 3. The van der Waals surface area contributed by atoms with Gasteiger partial charge in [0.15, 0.2) is 6.29 Å². The van der Waals surface area contributed by atoms with Crippen molar-refractivity contribution in [1.29, 1.82) is 0 Å². The predicted octanol–water partition coefficient (Wildman–Crippen LogP) is 1.19. The molecule has 0 saturated heterocycles. The molecule has 0 spiro atoms. The minimum atomic E-state index is -0.847. The summed E-state index contributed by atoms with van der Waals surface area (Å²) in [7, 11) is 0. The van der Waals surface area contributed by atoms with E-state index in [0.29, 0.717) is 6.61 Å². The molecule has 0 aliphatic rings. The van der Waals surface area contributed by atoms with Crippen LogP contribution >= 0.6 is 0 Å². The Hall–Kier alpha value is -0.0800. The Morgan fingerprint density at radius 2 is 2.29 bits per heavy atom. The predicted molar refractivity (Wildman–Crippen MR) is 26.4 cm³/mol. The van der Waals surface area contributed by atoms with Gasteiger partial charge in [-0.2, -0.15) is 0 Å². The molecule has 0 rings (SSSR count). The Morgan fingerprint density at radius 1 is 1.71 bits per heavy atom. The van der Waals surface area contributed by atoms with Crippen LogP contribution in [0.5, 0.6) is 0 Å². The van der Waals surface area contributed by atoms with Gasteiger partial charge in [0, 0.05) is 6.61 Å². The van der Waals surface area contributed by atoms with Gasteiger partial charge in [0.05, 0.1) is 0 Å². The second-order valence-corrected chi connectivity index (χ2v) is 1.44. The highest BCUT2D eigenvalue weighted by molar-refractivity contribution is 4.24. The molecule has 0 heterocycles. The van der Waals surface area contributed by atoms with E-state index in [1.54, 1.807) is 0 Å². The summed E-state index contributed by atoms with van der Waals surface area (Å²) >= 11 is 0. The summed E-state index contributed by atoms with van der Waals surface area (Å²) < 4.78 is 4.64. The van der Waals surface area contributed by atoms with Gasteiger partial charge in [-0.1, -0.05) is 6.92 Å². The second-order valence-electron chi connectivity index (χ2n) is 1.44. The van der Waals surface area contributed by atoms with Crippen LogP contribution in [0, 0.1) is 0 Å². The fourth-order valence-electron chi connectivity index (χ4n) is 0.284. The molecule has 43 valence electrons. The number of hydrogen-bond donors (Lipinski definition) is 0. The third-order valence-electron chi connectivity index (χ3n) is 0.557. The molecule has 0 aromatic rings. The van der Waals surface area contributed by atoms with Crippen LogP contribution in [0.4, 0.5) is 0 Å².